The zero-order valence-corrected chi connectivity index (χ0v) is 9.31. The maximum atomic E-state index is 9.90. The lowest BCUT2D eigenvalue weighted by atomic mass is 10.2. The van der Waals surface area contributed by atoms with Gasteiger partial charge in [-0.25, -0.2) is 9.97 Å². The van der Waals surface area contributed by atoms with E-state index in [1.165, 1.54) is 11.3 Å². The number of thiazole rings is 1. The SMILES string of the molecule is CCn1ccnc1CC(O)c1nccs1. The molecule has 2 heterocycles. The standard InChI is InChI=1S/C10H13N3OS/c1-2-13-5-3-11-9(13)7-8(14)10-12-4-6-15-10/h3-6,8,14H,2,7H2,1H3. The summed E-state index contributed by atoms with van der Waals surface area (Å²) in [4.78, 5) is 8.30. The average molecular weight is 223 g/mol. The summed E-state index contributed by atoms with van der Waals surface area (Å²) in [5.74, 6) is 0.903. The second-order valence-corrected chi connectivity index (χ2v) is 4.15. The van der Waals surface area contributed by atoms with Gasteiger partial charge in [-0.15, -0.1) is 11.3 Å². The molecule has 0 aliphatic heterocycles. The molecule has 0 aliphatic carbocycles. The molecule has 1 atom stereocenters. The van der Waals surface area contributed by atoms with Crippen LogP contribution >= 0.6 is 11.3 Å². The van der Waals surface area contributed by atoms with Crippen molar-refractivity contribution in [2.24, 2.45) is 0 Å². The van der Waals surface area contributed by atoms with Crippen molar-refractivity contribution in [1.82, 2.24) is 14.5 Å². The predicted molar refractivity (Wildman–Crippen MR) is 58.7 cm³/mol. The molecule has 0 saturated carbocycles. The highest BCUT2D eigenvalue weighted by Gasteiger charge is 2.13. The number of hydrogen-bond donors (Lipinski definition) is 1. The predicted octanol–water partition coefficient (Wildman–Crippen LogP) is 1.64. The van der Waals surface area contributed by atoms with E-state index < -0.39 is 6.10 Å². The number of imidazole rings is 1. The Morgan fingerprint density at radius 2 is 2.33 bits per heavy atom. The van der Waals surface area contributed by atoms with E-state index in [0.29, 0.717) is 6.42 Å². The Labute approximate surface area is 92.2 Å². The first-order valence-corrected chi connectivity index (χ1v) is 5.76. The molecular formula is C10H13N3OS. The minimum absolute atomic E-state index is 0.522. The van der Waals surface area contributed by atoms with Crippen LogP contribution < -0.4 is 0 Å². The summed E-state index contributed by atoms with van der Waals surface area (Å²) < 4.78 is 2.02. The van der Waals surface area contributed by atoms with Crippen LogP contribution in [0.5, 0.6) is 0 Å². The first kappa shape index (κ1) is 10.3. The maximum absolute atomic E-state index is 9.90. The number of aliphatic hydroxyl groups is 1. The third-order valence-electron chi connectivity index (χ3n) is 2.25. The number of nitrogens with zero attached hydrogens (tertiary/aromatic N) is 3. The molecule has 15 heavy (non-hydrogen) atoms. The largest absolute Gasteiger partial charge is 0.385 e. The Balaban J connectivity index is 2.09. The smallest absolute Gasteiger partial charge is 0.122 e. The first-order valence-electron chi connectivity index (χ1n) is 4.88. The molecule has 1 unspecified atom stereocenters. The lowest BCUT2D eigenvalue weighted by Gasteiger charge is -2.08. The van der Waals surface area contributed by atoms with Gasteiger partial charge in [-0.05, 0) is 6.92 Å². The number of aliphatic hydroxyl groups excluding tert-OH is 1. The van der Waals surface area contributed by atoms with Crippen LogP contribution in [-0.4, -0.2) is 19.6 Å². The monoisotopic (exact) mass is 223 g/mol. The Morgan fingerprint density at radius 3 is 3.00 bits per heavy atom. The Morgan fingerprint density at radius 1 is 1.47 bits per heavy atom. The molecule has 0 amide bonds. The van der Waals surface area contributed by atoms with E-state index in [-0.39, 0.29) is 0 Å². The second-order valence-electron chi connectivity index (χ2n) is 3.22. The summed E-state index contributed by atoms with van der Waals surface area (Å²) in [7, 11) is 0. The van der Waals surface area contributed by atoms with Crippen LogP contribution in [0.1, 0.15) is 23.9 Å². The lowest BCUT2D eigenvalue weighted by Crippen LogP contribution is -2.07. The summed E-state index contributed by atoms with van der Waals surface area (Å²) in [5.41, 5.74) is 0. The van der Waals surface area contributed by atoms with Crippen molar-refractivity contribution in [3.8, 4) is 0 Å². The van der Waals surface area contributed by atoms with E-state index in [1.54, 1.807) is 12.4 Å². The van der Waals surface area contributed by atoms with Gasteiger partial charge in [0, 0.05) is 36.9 Å². The third kappa shape index (κ3) is 2.24. The Hall–Kier alpha value is -1.20. The second kappa shape index (κ2) is 4.55. The van der Waals surface area contributed by atoms with E-state index in [0.717, 1.165) is 17.4 Å². The van der Waals surface area contributed by atoms with Crippen LogP contribution in [0.15, 0.2) is 24.0 Å². The number of aryl methyl sites for hydroxylation is 1. The zero-order valence-electron chi connectivity index (χ0n) is 8.50. The molecule has 0 spiro atoms. The highest BCUT2D eigenvalue weighted by Crippen LogP contribution is 2.19. The molecule has 5 heteroatoms. The summed E-state index contributed by atoms with van der Waals surface area (Å²) in [5, 5.41) is 12.5. The van der Waals surface area contributed by atoms with Crippen molar-refractivity contribution in [2.45, 2.75) is 26.0 Å². The summed E-state index contributed by atoms with van der Waals surface area (Å²) in [6.45, 7) is 2.93. The van der Waals surface area contributed by atoms with Crippen LogP contribution in [0.4, 0.5) is 0 Å². The number of hydrogen-bond acceptors (Lipinski definition) is 4. The molecule has 0 radical (unpaired) electrons. The molecule has 0 aromatic carbocycles. The van der Waals surface area contributed by atoms with Gasteiger partial charge in [-0.1, -0.05) is 0 Å². The van der Waals surface area contributed by atoms with Crippen LogP contribution in [0.25, 0.3) is 0 Å². The van der Waals surface area contributed by atoms with E-state index >= 15 is 0 Å². The van der Waals surface area contributed by atoms with Crippen molar-refractivity contribution < 1.29 is 5.11 Å². The van der Waals surface area contributed by atoms with E-state index in [1.807, 2.05) is 16.1 Å². The quantitative estimate of drug-likeness (QED) is 0.857. The Bertz CT molecular complexity index is 410. The average Bonchev–Trinajstić information content (AvgIpc) is 2.87. The summed E-state index contributed by atoms with van der Waals surface area (Å²) in [6.07, 6.45) is 5.36. The highest BCUT2D eigenvalue weighted by atomic mass is 32.1. The van der Waals surface area contributed by atoms with Crippen molar-refractivity contribution in [1.29, 1.82) is 0 Å². The molecule has 0 bridgehead atoms. The molecule has 0 saturated heterocycles. The van der Waals surface area contributed by atoms with Gasteiger partial charge in [0.1, 0.15) is 16.9 Å². The highest BCUT2D eigenvalue weighted by molar-refractivity contribution is 7.09. The normalized spacial score (nSPS) is 12.9. The van der Waals surface area contributed by atoms with Gasteiger partial charge in [0.05, 0.1) is 0 Å². The molecular weight excluding hydrogens is 210 g/mol. The van der Waals surface area contributed by atoms with Gasteiger partial charge < -0.3 is 9.67 Å². The fourth-order valence-electron chi connectivity index (χ4n) is 1.48. The van der Waals surface area contributed by atoms with E-state index in [2.05, 4.69) is 16.9 Å². The molecule has 2 aromatic rings. The minimum atomic E-state index is -0.544. The number of aromatic nitrogens is 3. The third-order valence-corrected chi connectivity index (χ3v) is 3.13. The summed E-state index contributed by atoms with van der Waals surface area (Å²) in [6, 6.07) is 0. The van der Waals surface area contributed by atoms with Gasteiger partial charge in [0.15, 0.2) is 0 Å². The number of rotatable bonds is 4. The summed E-state index contributed by atoms with van der Waals surface area (Å²) >= 11 is 1.47. The van der Waals surface area contributed by atoms with E-state index in [4.69, 9.17) is 0 Å². The molecule has 0 fully saturated rings. The van der Waals surface area contributed by atoms with E-state index in [9.17, 15) is 5.11 Å². The van der Waals surface area contributed by atoms with Crippen LogP contribution in [0, 0.1) is 0 Å². The molecule has 2 aromatic heterocycles. The zero-order chi connectivity index (χ0) is 10.7. The van der Waals surface area contributed by atoms with Crippen molar-refractivity contribution in [3.63, 3.8) is 0 Å². The van der Waals surface area contributed by atoms with Crippen LogP contribution in [0.3, 0.4) is 0 Å². The first-order chi connectivity index (χ1) is 7.31. The fourth-order valence-corrected chi connectivity index (χ4v) is 2.10. The van der Waals surface area contributed by atoms with Gasteiger partial charge in [0.2, 0.25) is 0 Å². The fraction of sp³-hybridized carbons (Fsp3) is 0.400. The van der Waals surface area contributed by atoms with Gasteiger partial charge in [-0.3, -0.25) is 0 Å². The molecule has 4 nitrogen and oxygen atoms in total. The van der Waals surface area contributed by atoms with Crippen molar-refractivity contribution in [3.05, 3.63) is 34.8 Å². The molecule has 80 valence electrons. The van der Waals surface area contributed by atoms with Gasteiger partial charge in [0.25, 0.3) is 0 Å². The van der Waals surface area contributed by atoms with Crippen LogP contribution in [0.2, 0.25) is 0 Å². The van der Waals surface area contributed by atoms with Gasteiger partial charge in [-0.2, -0.15) is 0 Å². The lowest BCUT2D eigenvalue weighted by molar-refractivity contribution is 0.174. The van der Waals surface area contributed by atoms with Gasteiger partial charge >= 0.3 is 0 Å². The van der Waals surface area contributed by atoms with Crippen LogP contribution in [-0.2, 0) is 13.0 Å². The molecule has 1 N–H and O–H groups in total. The van der Waals surface area contributed by atoms with Crippen molar-refractivity contribution in [2.75, 3.05) is 0 Å². The molecule has 0 aliphatic rings. The molecule has 2 rings (SSSR count). The Kier molecular flexibility index (Phi) is 3.13. The topological polar surface area (TPSA) is 50.9 Å². The van der Waals surface area contributed by atoms with Crippen molar-refractivity contribution >= 4 is 11.3 Å². The minimum Gasteiger partial charge on any atom is -0.385 e. The maximum Gasteiger partial charge on any atom is 0.122 e.